The van der Waals surface area contributed by atoms with Crippen molar-refractivity contribution in [3.8, 4) is 40.0 Å². The van der Waals surface area contributed by atoms with E-state index in [1.54, 1.807) is 76.0 Å². The fourth-order valence-corrected chi connectivity index (χ4v) is 15.0. The highest BCUT2D eigenvalue weighted by atomic mass is 32.1. The number of anilines is 7. The lowest BCUT2D eigenvalue weighted by atomic mass is 10.1. The smallest absolute Gasteiger partial charge is 0.277 e. The van der Waals surface area contributed by atoms with Crippen LogP contribution < -0.4 is 55.9 Å². The van der Waals surface area contributed by atoms with Crippen molar-refractivity contribution in [1.82, 2.24) is 86.2 Å². The van der Waals surface area contributed by atoms with Crippen LogP contribution in [0.3, 0.4) is 0 Å². The molecule has 3 aliphatic heterocycles. The summed E-state index contributed by atoms with van der Waals surface area (Å²) >= 11 is 4.92. The monoisotopic (exact) mass is 1510 g/mol. The third kappa shape index (κ3) is 17.6. The zero-order chi connectivity index (χ0) is 74.5. The van der Waals surface area contributed by atoms with Crippen molar-refractivity contribution < 1.29 is 49.0 Å². The van der Waals surface area contributed by atoms with Crippen LogP contribution in [0.25, 0.3) is 64.8 Å². The molecular formula is C70H74N24O10S3. The topological polar surface area (TPSA) is 397 Å². The molecule has 0 saturated carbocycles. The Bertz CT molecular complexity index is 4840. The highest BCUT2D eigenvalue weighted by Gasteiger charge is 2.26. The number of amides is 3. The highest BCUT2D eigenvalue weighted by molar-refractivity contribution is 7.20. The molecule has 11 aromatic heterocycles. The number of thiophene rings is 3. The van der Waals surface area contributed by atoms with E-state index in [-0.39, 0.29) is 16.7 Å². The average molecular weight is 1510 g/mol. The number of methoxy groups -OCH3 is 1. The Hall–Kier alpha value is -11.6. The Balaban J connectivity index is 0.000000142. The molecule has 7 N–H and O–H groups in total. The van der Waals surface area contributed by atoms with E-state index in [2.05, 4.69) is 109 Å². The molecular weight excluding hydrogens is 1430 g/mol. The molecule has 3 saturated heterocycles. The minimum Gasteiger partial charge on any atom is -0.481 e. The first-order chi connectivity index (χ1) is 52.1. The largest absolute Gasteiger partial charge is 0.481 e. The van der Waals surface area contributed by atoms with Crippen molar-refractivity contribution in [2.24, 2.45) is 0 Å². The maximum absolute atomic E-state index is 11.5. The summed E-state index contributed by atoms with van der Waals surface area (Å²) in [7, 11) is 9.04. The maximum atomic E-state index is 11.5. The number of nitrogens with one attached hydrogen (secondary N) is 4. The van der Waals surface area contributed by atoms with Crippen molar-refractivity contribution >= 4 is 123 Å². The van der Waals surface area contributed by atoms with Gasteiger partial charge in [0, 0.05) is 154 Å². The number of hydroxylamine groups is 3. The molecule has 0 atom stereocenters. The zero-order valence-corrected chi connectivity index (χ0v) is 61.4. The van der Waals surface area contributed by atoms with Gasteiger partial charge in [0.1, 0.15) is 5.82 Å². The number of morpholine rings is 3. The van der Waals surface area contributed by atoms with Crippen LogP contribution in [0.2, 0.25) is 0 Å². The molecule has 15 rings (SSSR count). The Labute approximate surface area is 624 Å². The number of pyridine rings is 2. The van der Waals surface area contributed by atoms with E-state index < -0.39 is 17.7 Å². The molecule has 14 heterocycles. The van der Waals surface area contributed by atoms with Crippen LogP contribution in [0.4, 0.5) is 41.1 Å². The lowest BCUT2D eigenvalue weighted by molar-refractivity contribution is 0.0701. The normalized spacial score (nSPS) is 13.6. The summed E-state index contributed by atoms with van der Waals surface area (Å²) < 4.78 is 24.9. The second-order valence-corrected chi connectivity index (χ2v) is 27.9. The molecule has 0 aliphatic carbocycles. The molecule has 3 amide bonds. The Morgan fingerprint density at radius 3 is 1.07 bits per heavy atom. The van der Waals surface area contributed by atoms with E-state index in [1.807, 2.05) is 61.1 Å². The van der Waals surface area contributed by atoms with Gasteiger partial charge in [-0.15, -0.1) is 34.0 Å². The summed E-state index contributed by atoms with van der Waals surface area (Å²) in [5, 5.41) is 29.3. The van der Waals surface area contributed by atoms with E-state index in [0.717, 1.165) is 125 Å². The fraction of sp³-hybridized carbons (Fsp3) is 0.300. The highest BCUT2D eigenvalue weighted by Crippen LogP contribution is 2.39. The summed E-state index contributed by atoms with van der Waals surface area (Å²) in [6.45, 7) is 12.3. The zero-order valence-electron chi connectivity index (χ0n) is 58.9. The van der Waals surface area contributed by atoms with Crippen molar-refractivity contribution in [3.05, 3.63) is 153 Å². The number of aryl methyl sites for hydroxylation is 1. The number of rotatable bonds is 20. The van der Waals surface area contributed by atoms with Gasteiger partial charge >= 0.3 is 0 Å². The molecule has 37 heteroatoms. The summed E-state index contributed by atoms with van der Waals surface area (Å²) in [6.07, 6.45) is 11.7. The summed E-state index contributed by atoms with van der Waals surface area (Å²) in [5.74, 6) is 5.34. The van der Waals surface area contributed by atoms with Gasteiger partial charge in [-0.1, -0.05) is 29.8 Å². The number of carbonyl (C=O) groups excluding carboxylic acids is 3. The first-order valence-electron chi connectivity index (χ1n) is 33.7. The molecule has 1 aromatic carbocycles. The van der Waals surface area contributed by atoms with Crippen LogP contribution in [0.1, 0.15) is 51.3 Å². The van der Waals surface area contributed by atoms with E-state index in [0.29, 0.717) is 100 Å². The summed E-state index contributed by atoms with van der Waals surface area (Å²) in [5.41, 5.74) is 11.7. The number of aromatic nitrogens is 14. The number of ether oxygens (including phenoxy) is 4. The minimum absolute atomic E-state index is 0.169. The van der Waals surface area contributed by atoms with E-state index in [9.17, 15) is 14.4 Å². The molecule has 107 heavy (non-hydrogen) atoms. The lowest BCUT2D eigenvalue weighted by Crippen LogP contribution is -2.36. The van der Waals surface area contributed by atoms with Gasteiger partial charge in [0.15, 0.2) is 34.9 Å². The van der Waals surface area contributed by atoms with Gasteiger partial charge < -0.3 is 53.7 Å². The molecule has 34 nitrogen and oxygen atoms in total. The van der Waals surface area contributed by atoms with Crippen LogP contribution in [0.5, 0.6) is 5.88 Å². The Morgan fingerprint density at radius 1 is 0.449 bits per heavy atom. The number of hydrogen-bond donors (Lipinski definition) is 7. The second-order valence-electron chi connectivity index (χ2n) is 24.5. The number of nitrogens with zero attached hydrogens (tertiary/aromatic N) is 20. The van der Waals surface area contributed by atoms with Crippen LogP contribution in [0, 0.1) is 6.92 Å². The maximum Gasteiger partial charge on any atom is 0.277 e. The van der Waals surface area contributed by atoms with Crippen molar-refractivity contribution in [1.29, 1.82) is 0 Å². The second kappa shape index (κ2) is 34.1. The number of carbonyl (C=O) groups is 3. The third-order valence-electron chi connectivity index (χ3n) is 17.1. The van der Waals surface area contributed by atoms with Crippen molar-refractivity contribution in [2.45, 2.75) is 26.6 Å². The number of hydrogen-bond acceptors (Lipinski definition) is 34. The molecule has 0 spiro atoms. The summed E-state index contributed by atoms with van der Waals surface area (Å²) in [6, 6.07) is 22.0. The third-order valence-corrected chi connectivity index (χ3v) is 20.5. The van der Waals surface area contributed by atoms with Crippen molar-refractivity contribution in [2.75, 3.05) is 149 Å². The summed E-state index contributed by atoms with van der Waals surface area (Å²) in [4.78, 5) is 114. The standard InChI is InChI=1S/C24H25N7O3S.C23H25N9O3S.C23H24N8O4S/c1-15-3-5-16(6-4-15)21-27-19-11-18(35-20(19)22(28-21)31-7-9-34-10-8-31)14-30(2)24-25-12-17(13-26-24)23(32)29-33;1-24-18-4-3-14(10-25-18)20-28-17-9-16(36-19(17)21(29-20)32-5-7-35-8-6-32)13-31(2)23-26-11-15(12-27-23)22(33)30-34;1-30(23-25-11-15(12-26-23)22(32)29-33)13-16-9-17-19(36-16)21(31-5-7-35-8-6-31)28-20(27-17)14-3-4-18(34-2)24-10-14/h3-6,11-13,33H,7-10,14H2,1-2H3,(H,29,32);3-4,9-12,34H,5-8,13H2,1-2H3,(H,24,25)(H,30,33);3-4,9-12,33H,5-8,13H2,1-2H3,(H,29,32). The minimum atomic E-state index is -0.661. The van der Waals surface area contributed by atoms with Gasteiger partial charge in [0.25, 0.3) is 17.7 Å². The van der Waals surface area contributed by atoms with Crippen LogP contribution in [-0.2, 0) is 33.8 Å². The van der Waals surface area contributed by atoms with Crippen LogP contribution >= 0.6 is 34.0 Å². The first-order valence-corrected chi connectivity index (χ1v) is 36.1. The number of benzene rings is 1. The SMILES string of the molecule is CNc1ccc(-c2nc(N3CCOCC3)c3sc(CN(C)c4ncc(C(=O)NO)cn4)cc3n2)cn1.COc1ccc(-c2nc(N3CCOCC3)c3sc(CN(C)c4ncc(C(=O)NO)cn4)cc3n2)cn1.Cc1ccc(-c2nc(N3CCOCC3)c3sc(CN(C)c4ncc(C(=O)NO)cn4)cc3n2)cc1. The van der Waals surface area contributed by atoms with E-state index in [1.165, 1.54) is 42.7 Å². The molecule has 0 radical (unpaired) electrons. The molecule has 12 aromatic rings. The van der Waals surface area contributed by atoms with Gasteiger partial charge in [0.05, 0.1) is 114 Å². The van der Waals surface area contributed by atoms with Crippen molar-refractivity contribution in [3.63, 3.8) is 0 Å². The van der Waals surface area contributed by atoms with Gasteiger partial charge in [-0.2, -0.15) is 0 Å². The predicted octanol–water partition coefficient (Wildman–Crippen LogP) is 7.37. The molecule has 3 aliphatic rings. The average Bonchev–Trinajstić information content (AvgIpc) is 1.68. The van der Waals surface area contributed by atoms with Gasteiger partial charge in [-0.3, -0.25) is 30.0 Å². The lowest BCUT2D eigenvalue weighted by Gasteiger charge is -2.28. The molecule has 3 fully saturated rings. The quantitative estimate of drug-likeness (QED) is 0.0289. The van der Waals surface area contributed by atoms with E-state index in [4.69, 9.17) is 64.5 Å². The Morgan fingerprint density at radius 2 is 0.776 bits per heavy atom. The molecule has 0 bridgehead atoms. The van der Waals surface area contributed by atoms with Crippen LogP contribution in [-0.4, -0.2) is 217 Å². The molecule has 552 valence electrons. The van der Waals surface area contributed by atoms with Gasteiger partial charge in [-0.05, 0) is 43.3 Å². The molecule has 0 unspecified atom stereocenters. The van der Waals surface area contributed by atoms with Crippen LogP contribution in [0.15, 0.2) is 116 Å². The van der Waals surface area contributed by atoms with Gasteiger partial charge in [-0.25, -0.2) is 86.2 Å². The first kappa shape index (κ1) is 73.8. The Kier molecular flexibility index (Phi) is 23.5. The van der Waals surface area contributed by atoms with E-state index >= 15 is 0 Å². The predicted molar refractivity (Wildman–Crippen MR) is 404 cm³/mol. The number of fused-ring (bicyclic) bond motifs is 3. The van der Waals surface area contributed by atoms with Gasteiger partial charge in [0.2, 0.25) is 23.7 Å². The fourth-order valence-electron chi connectivity index (χ4n) is 11.5.